The van der Waals surface area contributed by atoms with Crippen molar-refractivity contribution in [1.29, 1.82) is 0 Å². The molecule has 0 fully saturated rings. The number of amides is 1. The lowest BCUT2D eigenvalue weighted by molar-refractivity contribution is -0.119. The first-order chi connectivity index (χ1) is 12.7. The van der Waals surface area contributed by atoms with Gasteiger partial charge in [0.25, 0.3) is 0 Å². The number of carbonyl (C=O) groups is 1. The van der Waals surface area contributed by atoms with Gasteiger partial charge in [-0.1, -0.05) is 31.2 Å². The fourth-order valence-electron chi connectivity index (χ4n) is 3.51. The molecule has 1 amide bonds. The molecule has 134 valence electrons. The van der Waals surface area contributed by atoms with Gasteiger partial charge in [0, 0.05) is 6.54 Å². The van der Waals surface area contributed by atoms with Crippen LogP contribution in [0.3, 0.4) is 0 Å². The summed E-state index contributed by atoms with van der Waals surface area (Å²) in [5, 5.41) is 0. The number of rotatable bonds is 4. The highest BCUT2D eigenvalue weighted by Crippen LogP contribution is 2.31. The molecule has 0 unspecified atom stereocenters. The SMILES string of the molecule is CCCn1c(=O)n(CC(=O)N2CCOc3ccccc32)c2ccccc21. The molecular formula is C20H21N3O3. The molecule has 0 saturated heterocycles. The fourth-order valence-corrected chi connectivity index (χ4v) is 3.51. The number of ether oxygens (including phenoxy) is 1. The lowest BCUT2D eigenvalue weighted by Gasteiger charge is -2.29. The molecule has 0 radical (unpaired) electrons. The van der Waals surface area contributed by atoms with E-state index in [-0.39, 0.29) is 18.1 Å². The van der Waals surface area contributed by atoms with Gasteiger partial charge in [0.15, 0.2) is 0 Å². The molecule has 6 heteroatoms. The topological polar surface area (TPSA) is 56.5 Å². The molecule has 6 nitrogen and oxygen atoms in total. The number of anilines is 1. The van der Waals surface area contributed by atoms with E-state index in [4.69, 9.17) is 4.74 Å². The van der Waals surface area contributed by atoms with Gasteiger partial charge >= 0.3 is 5.69 Å². The molecule has 26 heavy (non-hydrogen) atoms. The van der Waals surface area contributed by atoms with E-state index >= 15 is 0 Å². The maximum Gasteiger partial charge on any atom is 0.329 e. The summed E-state index contributed by atoms with van der Waals surface area (Å²) in [6, 6.07) is 15.1. The Hall–Kier alpha value is -3.02. The molecule has 4 rings (SSSR count). The second-order valence-electron chi connectivity index (χ2n) is 6.37. The molecular weight excluding hydrogens is 330 g/mol. The van der Waals surface area contributed by atoms with Gasteiger partial charge in [-0.05, 0) is 30.7 Å². The summed E-state index contributed by atoms with van der Waals surface area (Å²) in [6.45, 7) is 3.63. The molecule has 0 spiro atoms. The van der Waals surface area contributed by atoms with Gasteiger partial charge < -0.3 is 9.64 Å². The largest absolute Gasteiger partial charge is 0.490 e. The van der Waals surface area contributed by atoms with E-state index < -0.39 is 0 Å². The van der Waals surface area contributed by atoms with E-state index in [1.54, 1.807) is 14.0 Å². The zero-order valence-corrected chi connectivity index (χ0v) is 14.7. The first kappa shape index (κ1) is 16.4. The molecule has 0 saturated carbocycles. The van der Waals surface area contributed by atoms with Crippen molar-refractivity contribution in [3.05, 3.63) is 59.0 Å². The first-order valence-electron chi connectivity index (χ1n) is 8.91. The molecule has 0 atom stereocenters. The number of hydrogen-bond acceptors (Lipinski definition) is 3. The summed E-state index contributed by atoms with van der Waals surface area (Å²) in [5.41, 5.74) is 2.28. The molecule has 0 N–H and O–H groups in total. The highest BCUT2D eigenvalue weighted by Gasteiger charge is 2.25. The number of fused-ring (bicyclic) bond motifs is 2. The number of nitrogens with zero attached hydrogens (tertiary/aromatic N) is 3. The lowest BCUT2D eigenvalue weighted by atomic mass is 10.2. The monoisotopic (exact) mass is 351 g/mol. The normalized spacial score (nSPS) is 13.5. The summed E-state index contributed by atoms with van der Waals surface area (Å²) in [6.07, 6.45) is 0.860. The zero-order valence-electron chi connectivity index (χ0n) is 14.7. The summed E-state index contributed by atoms with van der Waals surface area (Å²) >= 11 is 0. The molecule has 3 aromatic rings. The molecule has 0 aliphatic carbocycles. The van der Waals surface area contributed by atoms with Crippen molar-refractivity contribution < 1.29 is 9.53 Å². The lowest BCUT2D eigenvalue weighted by Crippen LogP contribution is -2.41. The van der Waals surface area contributed by atoms with Crippen LogP contribution in [0.25, 0.3) is 11.0 Å². The highest BCUT2D eigenvalue weighted by atomic mass is 16.5. The zero-order chi connectivity index (χ0) is 18.1. The summed E-state index contributed by atoms with van der Waals surface area (Å²) in [7, 11) is 0. The Morgan fingerprint density at radius 1 is 1.04 bits per heavy atom. The third-order valence-corrected chi connectivity index (χ3v) is 4.70. The predicted octanol–water partition coefficient (Wildman–Crippen LogP) is 2.64. The quantitative estimate of drug-likeness (QED) is 0.726. The van der Waals surface area contributed by atoms with Crippen LogP contribution in [-0.2, 0) is 17.9 Å². The predicted molar refractivity (Wildman–Crippen MR) is 101 cm³/mol. The van der Waals surface area contributed by atoms with Crippen molar-refractivity contribution in [2.45, 2.75) is 26.4 Å². The molecule has 1 aromatic heterocycles. The van der Waals surface area contributed by atoms with E-state index in [1.807, 2.05) is 55.5 Å². The number of aromatic nitrogens is 2. The Balaban J connectivity index is 1.71. The van der Waals surface area contributed by atoms with Gasteiger partial charge in [-0.2, -0.15) is 0 Å². The van der Waals surface area contributed by atoms with Gasteiger partial charge in [-0.3, -0.25) is 13.9 Å². The van der Waals surface area contributed by atoms with Crippen LogP contribution in [0.5, 0.6) is 5.75 Å². The second kappa shape index (κ2) is 6.71. The Bertz CT molecular complexity index is 1020. The van der Waals surface area contributed by atoms with Crippen molar-refractivity contribution in [2.24, 2.45) is 0 Å². The van der Waals surface area contributed by atoms with Crippen molar-refractivity contribution in [2.75, 3.05) is 18.1 Å². The highest BCUT2D eigenvalue weighted by molar-refractivity contribution is 5.95. The van der Waals surface area contributed by atoms with E-state index in [0.29, 0.717) is 25.4 Å². The van der Waals surface area contributed by atoms with Crippen molar-refractivity contribution in [3.8, 4) is 5.75 Å². The van der Waals surface area contributed by atoms with Crippen LogP contribution in [0.1, 0.15) is 13.3 Å². The Morgan fingerprint density at radius 2 is 1.73 bits per heavy atom. The van der Waals surface area contributed by atoms with Crippen LogP contribution >= 0.6 is 0 Å². The minimum Gasteiger partial charge on any atom is -0.490 e. The van der Waals surface area contributed by atoms with Gasteiger partial charge in [0.05, 0.1) is 23.3 Å². The molecule has 2 aromatic carbocycles. The molecule has 0 bridgehead atoms. The van der Waals surface area contributed by atoms with E-state index in [1.165, 1.54) is 0 Å². The number of benzene rings is 2. The first-order valence-corrected chi connectivity index (χ1v) is 8.91. The van der Waals surface area contributed by atoms with E-state index in [9.17, 15) is 9.59 Å². The summed E-state index contributed by atoms with van der Waals surface area (Å²) < 4.78 is 8.94. The van der Waals surface area contributed by atoms with Gasteiger partial charge in [-0.25, -0.2) is 4.79 Å². The van der Waals surface area contributed by atoms with Crippen molar-refractivity contribution >= 4 is 22.6 Å². The van der Waals surface area contributed by atoms with Crippen LogP contribution in [0.2, 0.25) is 0 Å². The van der Waals surface area contributed by atoms with Crippen LogP contribution in [0.4, 0.5) is 5.69 Å². The standard InChI is InChI=1S/C20H21N3O3/c1-2-11-22-15-7-3-4-8-16(15)23(20(22)25)14-19(24)21-12-13-26-18-10-6-5-9-17(18)21/h3-10H,2,11-14H2,1H3. The van der Waals surface area contributed by atoms with Crippen LogP contribution < -0.4 is 15.3 Å². The van der Waals surface area contributed by atoms with Gasteiger partial charge in [-0.15, -0.1) is 0 Å². The van der Waals surface area contributed by atoms with E-state index in [2.05, 4.69) is 0 Å². The van der Waals surface area contributed by atoms with Gasteiger partial charge in [0.2, 0.25) is 5.91 Å². The molecule has 2 heterocycles. The second-order valence-corrected chi connectivity index (χ2v) is 6.37. The van der Waals surface area contributed by atoms with Crippen molar-refractivity contribution in [1.82, 2.24) is 9.13 Å². The number of carbonyl (C=O) groups excluding carboxylic acids is 1. The fraction of sp³-hybridized carbons (Fsp3) is 0.300. The van der Waals surface area contributed by atoms with Crippen LogP contribution in [-0.4, -0.2) is 28.2 Å². The third-order valence-electron chi connectivity index (χ3n) is 4.70. The Kier molecular flexibility index (Phi) is 4.24. The minimum atomic E-state index is -0.136. The summed E-state index contributed by atoms with van der Waals surface area (Å²) in [5.74, 6) is 0.593. The van der Waals surface area contributed by atoms with Crippen LogP contribution in [0, 0.1) is 0 Å². The van der Waals surface area contributed by atoms with Gasteiger partial charge in [0.1, 0.15) is 18.9 Å². The Labute approximate surface area is 151 Å². The molecule has 1 aliphatic heterocycles. The smallest absolute Gasteiger partial charge is 0.329 e. The average Bonchev–Trinajstić information content (AvgIpc) is 2.94. The van der Waals surface area contributed by atoms with Crippen LogP contribution in [0.15, 0.2) is 53.3 Å². The number of para-hydroxylation sites is 4. The third kappa shape index (κ3) is 2.67. The Morgan fingerprint density at radius 3 is 2.50 bits per heavy atom. The number of imidazole rings is 1. The minimum absolute atomic E-state index is 0.0182. The summed E-state index contributed by atoms with van der Waals surface area (Å²) in [4.78, 5) is 27.6. The number of aryl methyl sites for hydroxylation is 1. The van der Waals surface area contributed by atoms with Crippen molar-refractivity contribution in [3.63, 3.8) is 0 Å². The molecule has 1 aliphatic rings. The average molecular weight is 351 g/mol. The maximum absolute atomic E-state index is 13.0. The maximum atomic E-state index is 13.0. The van der Waals surface area contributed by atoms with E-state index in [0.717, 1.165) is 23.1 Å². The number of hydrogen-bond donors (Lipinski definition) is 0.